The van der Waals surface area contributed by atoms with E-state index >= 15 is 4.39 Å². The molecule has 0 saturated heterocycles. The molecule has 0 spiro atoms. The van der Waals surface area contributed by atoms with Crippen LogP contribution in [-0.2, 0) is 16.6 Å². The van der Waals surface area contributed by atoms with Crippen LogP contribution < -0.4 is 5.32 Å². The van der Waals surface area contributed by atoms with E-state index in [2.05, 4.69) is 15.6 Å². The van der Waals surface area contributed by atoms with Gasteiger partial charge in [0, 0.05) is 47.9 Å². The summed E-state index contributed by atoms with van der Waals surface area (Å²) in [6.45, 7) is 2.33. The molecule has 2 aliphatic rings. The normalized spacial score (nSPS) is 19.5. The van der Waals surface area contributed by atoms with Gasteiger partial charge >= 0.3 is 0 Å². The maximum atomic E-state index is 15.2. The van der Waals surface area contributed by atoms with Gasteiger partial charge in [0.2, 0.25) is 11.8 Å². The highest BCUT2D eigenvalue weighted by Crippen LogP contribution is 2.38. The summed E-state index contributed by atoms with van der Waals surface area (Å²) in [5.74, 6) is -0.869. The molecule has 2 aliphatic heterocycles. The minimum Gasteiger partial charge on any atom is -0.349 e. The third kappa shape index (κ3) is 5.46. The van der Waals surface area contributed by atoms with Crippen LogP contribution in [0.25, 0.3) is 22.5 Å². The van der Waals surface area contributed by atoms with Gasteiger partial charge < -0.3 is 14.8 Å². The van der Waals surface area contributed by atoms with Gasteiger partial charge in [0.15, 0.2) is 5.15 Å². The van der Waals surface area contributed by atoms with Crippen molar-refractivity contribution in [3.8, 4) is 16.9 Å². The number of hydrogen-bond donors (Lipinski definition) is 1. The van der Waals surface area contributed by atoms with Crippen LogP contribution in [0.1, 0.15) is 49.8 Å². The van der Waals surface area contributed by atoms with Gasteiger partial charge in [-0.25, -0.2) is 9.07 Å². The molecule has 42 heavy (non-hydrogen) atoms. The number of carbonyl (C=O) groups is 2. The predicted molar refractivity (Wildman–Crippen MR) is 161 cm³/mol. The Bertz CT molecular complexity index is 1730. The van der Waals surface area contributed by atoms with Crippen molar-refractivity contribution < 1.29 is 14.0 Å². The number of aryl methyl sites for hydroxylation is 1. The lowest BCUT2D eigenvalue weighted by Gasteiger charge is -2.35. The molecule has 6 rings (SSSR count). The number of carbonyl (C=O) groups excluding carboxylic acids is 2. The summed E-state index contributed by atoms with van der Waals surface area (Å²) >= 11 is 12.4. The molecule has 8 nitrogen and oxygen atoms in total. The molecule has 1 N–H and O–H groups in total. The fourth-order valence-corrected chi connectivity index (χ4v) is 6.24. The molecular formula is C31H29Cl2FN6O2. The van der Waals surface area contributed by atoms with Crippen molar-refractivity contribution in [2.45, 2.75) is 38.6 Å². The van der Waals surface area contributed by atoms with E-state index in [9.17, 15) is 9.59 Å². The van der Waals surface area contributed by atoms with Crippen molar-refractivity contribution in [3.63, 3.8) is 0 Å². The first-order valence-corrected chi connectivity index (χ1v) is 14.6. The molecule has 4 heterocycles. The van der Waals surface area contributed by atoms with E-state index in [4.69, 9.17) is 23.2 Å². The Balaban J connectivity index is 1.39. The Kier molecular flexibility index (Phi) is 7.64. The van der Waals surface area contributed by atoms with Crippen LogP contribution in [0.4, 0.5) is 10.1 Å². The molecule has 0 aliphatic carbocycles. The molecule has 0 saturated carbocycles. The number of fused-ring (bicyclic) bond motifs is 4. The van der Waals surface area contributed by atoms with Crippen molar-refractivity contribution in [2.75, 3.05) is 11.9 Å². The molecule has 2 bridgehead atoms. The van der Waals surface area contributed by atoms with Gasteiger partial charge in [-0.2, -0.15) is 0 Å². The standard InChI is InChI=1S/C31H29Cl2FN6O2/c1-18-4-3-5-26(20-12-21(14-23(34)13-20)30-25(35-31(18)42)9-10-38(30)2)39-11-8-19(15-29(39)41)24-16-22(32)6-7-27(24)40-17-28(33)36-37-40/h6-7,9-10,12-18,26H,3-5,8,11H2,1-2H3,(H,35,42)/t18-,26+/m1/s1. The summed E-state index contributed by atoms with van der Waals surface area (Å²) < 4.78 is 18.6. The Labute approximate surface area is 252 Å². The van der Waals surface area contributed by atoms with Crippen LogP contribution in [0.3, 0.4) is 0 Å². The van der Waals surface area contributed by atoms with Gasteiger partial charge in [0.1, 0.15) is 5.82 Å². The van der Waals surface area contributed by atoms with Crippen molar-refractivity contribution in [3.05, 3.63) is 88.1 Å². The highest BCUT2D eigenvalue weighted by Gasteiger charge is 2.30. The zero-order valence-electron chi connectivity index (χ0n) is 23.2. The quantitative estimate of drug-likeness (QED) is 0.277. The third-order valence-corrected chi connectivity index (χ3v) is 8.48. The molecule has 2 aromatic carbocycles. The third-order valence-electron chi connectivity index (χ3n) is 8.07. The molecule has 216 valence electrons. The van der Waals surface area contributed by atoms with Crippen molar-refractivity contribution in [1.29, 1.82) is 0 Å². The molecule has 0 radical (unpaired) electrons. The smallest absolute Gasteiger partial charge is 0.247 e. The van der Waals surface area contributed by atoms with Gasteiger partial charge in [-0.15, -0.1) is 5.10 Å². The SMILES string of the molecule is C[C@@H]1CCC[C@H](N2CCC(c3cc(Cl)ccc3-n3cc(Cl)nn3)=CC2=O)c2cc(F)cc(c2)-c2c(ccn2C)NC1=O. The minimum absolute atomic E-state index is 0.0798. The molecule has 2 atom stereocenters. The number of nitrogens with zero attached hydrogens (tertiary/aromatic N) is 5. The van der Waals surface area contributed by atoms with Crippen LogP contribution >= 0.6 is 23.2 Å². The number of anilines is 1. The second-order valence-corrected chi connectivity index (χ2v) is 11.7. The number of benzene rings is 2. The fraction of sp³-hybridized carbons (Fsp3) is 0.290. The fourth-order valence-electron chi connectivity index (χ4n) is 5.94. The summed E-state index contributed by atoms with van der Waals surface area (Å²) in [5.41, 5.74) is 4.99. The highest BCUT2D eigenvalue weighted by atomic mass is 35.5. The monoisotopic (exact) mass is 606 g/mol. The molecule has 2 aromatic heterocycles. The lowest BCUT2D eigenvalue weighted by molar-refractivity contribution is -0.129. The summed E-state index contributed by atoms with van der Waals surface area (Å²) in [7, 11) is 1.86. The first-order chi connectivity index (χ1) is 20.2. The van der Waals surface area contributed by atoms with Crippen molar-refractivity contribution in [1.82, 2.24) is 24.5 Å². The maximum Gasteiger partial charge on any atom is 0.247 e. The number of hydrogen-bond acceptors (Lipinski definition) is 4. The van der Waals surface area contributed by atoms with E-state index < -0.39 is 5.82 Å². The summed E-state index contributed by atoms with van der Waals surface area (Å²) in [5, 5.41) is 11.8. The van der Waals surface area contributed by atoms with Gasteiger partial charge in [0.05, 0.1) is 29.3 Å². The van der Waals surface area contributed by atoms with Crippen molar-refractivity contribution >= 4 is 46.3 Å². The summed E-state index contributed by atoms with van der Waals surface area (Å²) in [6.07, 6.45) is 7.54. The zero-order chi connectivity index (χ0) is 29.5. The molecule has 0 fully saturated rings. The number of amides is 2. The van der Waals surface area contributed by atoms with Gasteiger partial charge in [-0.3, -0.25) is 9.59 Å². The zero-order valence-corrected chi connectivity index (χ0v) is 24.7. The van der Waals surface area contributed by atoms with E-state index in [-0.39, 0.29) is 28.9 Å². The first-order valence-electron chi connectivity index (χ1n) is 13.8. The average Bonchev–Trinajstić information content (AvgIpc) is 3.55. The van der Waals surface area contributed by atoms with Gasteiger partial charge in [-0.05, 0) is 72.9 Å². The largest absolute Gasteiger partial charge is 0.349 e. The van der Waals surface area contributed by atoms with E-state index in [1.54, 1.807) is 34.0 Å². The van der Waals surface area contributed by atoms with E-state index in [0.29, 0.717) is 59.9 Å². The lowest BCUT2D eigenvalue weighted by atomic mass is 9.91. The molecular weight excluding hydrogens is 578 g/mol. The Morgan fingerprint density at radius 1 is 1.07 bits per heavy atom. The summed E-state index contributed by atoms with van der Waals surface area (Å²) in [6, 6.07) is 11.7. The number of aromatic nitrogens is 4. The van der Waals surface area contributed by atoms with E-state index in [1.807, 2.05) is 42.9 Å². The number of halogens is 3. The summed E-state index contributed by atoms with van der Waals surface area (Å²) in [4.78, 5) is 28.6. The number of rotatable bonds is 3. The molecule has 2 amide bonds. The topological polar surface area (TPSA) is 85.1 Å². The van der Waals surface area contributed by atoms with Crippen LogP contribution in [0.5, 0.6) is 0 Å². The lowest BCUT2D eigenvalue weighted by Crippen LogP contribution is -2.37. The molecule has 0 unspecified atom stereocenters. The molecule has 4 aromatic rings. The minimum atomic E-state index is -0.396. The highest BCUT2D eigenvalue weighted by molar-refractivity contribution is 6.31. The Morgan fingerprint density at radius 3 is 2.67 bits per heavy atom. The second-order valence-electron chi connectivity index (χ2n) is 10.9. The second kappa shape index (κ2) is 11.4. The van der Waals surface area contributed by atoms with Crippen LogP contribution in [0.2, 0.25) is 10.2 Å². The van der Waals surface area contributed by atoms with E-state index in [1.165, 1.54) is 12.1 Å². The number of nitrogens with one attached hydrogen (secondary N) is 1. The van der Waals surface area contributed by atoms with Crippen LogP contribution in [-0.4, -0.2) is 42.8 Å². The molecule has 11 heteroatoms. The first kappa shape index (κ1) is 28.2. The Hall–Kier alpha value is -3.95. The van der Waals surface area contributed by atoms with Gasteiger partial charge in [-0.1, -0.05) is 41.8 Å². The van der Waals surface area contributed by atoms with Gasteiger partial charge in [0.25, 0.3) is 0 Å². The maximum absolute atomic E-state index is 15.2. The predicted octanol–water partition coefficient (Wildman–Crippen LogP) is 6.83. The average molecular weight is 608 g/mol. The van der Waals surface area contributed by atoms with Crippen LogP contribution in [0, 0.1) is 11.7 Å². The van der Waals surface area contributed by atoms with E-state index in [0.717, 1.165) is 16.7 Å². The Morgan fingerprint density at radius 2 is 1.90 bits per heavy atom. The van der Waals surface area contributed by atoms with Crippen LogP contribution in [0.15, 0.2) is 60.9 Å². The van der Waals surface area contributed by atoms with Crippen molar-refractivity contribution in [2.24, 2.45) is 13.0 Å².